The van der Waals surface area contributed by atoms with Gasteiger partial charge in [0.25, 0.3) is 0 Å². The average Bonchev–Trinajstić information content (AvgIpc) is 2.16. The van der Waals surface area contributed by atoms with E-state index in [1.165, 1.54) is 0 Å². The van der Waals surface area contributed by atoms with Crippen molar-refractivity contribution in [3.63, 3.8) is 0 Å². The van der Waals surface area contributed by atoms with E-state index in [1.54, 1.807) is 18.2 Å². The molecule has 4 heteroatoms. The predicted octanol–water partition coefficient (Wildman–Crippen LogP) is 1.33. The number of anilines is 2. The van der Waals surface area contributed by atoms with Crippen molar-refractivity contribution in [2.24, 2.45) is 0 Å². The fourth-order valence-electron chi connectivity index (χ4n) is 1.40. The molecule has 0 heterocycles. The van der Waals surface area contributed by atoms with Crippen LogP contribution >= 0.6 is 0 Å². The first-order chi connectivity index (χ1) is 7.38. The monoisotopic (exact) mass is 224 g/mol. The standard InChI is InChI=1S/C12H22N3O/c1-15(2,3)7-4-8-16-12-9-10(13)5-6-11(12)14/h5-6,9H,4,7-8,13-14H2,1-3H3/q+1. The fraction of sp³-hybridized carbons (Fsp3) is 0.500. The second-order valence-electron chi connectivity index (χ2n) is 5.01. The van der Waals surface area contributed by atoms with Crippen LogP contribution in [0.3, 0.4) is 0 Å². The molecule has 0 bridgehead atoms. The first-order valence-electron chi connectivity index (χ1n) is 5.47. The zero-order chi connectivity index (χ0) is 12.2. The molecular weight excluding hydrogens is 202 g/mol. The third-order valence-electron chi connectivity index (χ3n) is 2.27. The summed E-state index contributed by atoms with van der Waals surface area (Å²) in [4.78, 5) is 0. The number of quaternary nitrogens is 1. The normalized spacial score (nSPS) is 11.4. The highest BCUT2D eigenvalue weighted by Gasteiger charge is 2.06. The number of rotatable bonds is 5. The molecule has 1 aromatic carbocycles. The smallest absolute Gasteiger partial charge is 0.144 e. The van der Waals surface area contributed by atoms with E-state index in [0.717, 1.165) is 17.4 Å². The Balaban J connectivity index is 2.40. The maximum absolute atomic E-state index is 5.77. The minimum atomic E-state index is 0.638. The summed E-state index contributed by atoms with van der Waals surface area (Å²) >= 11 is 0. The summed E-state index contributed by atoms with van der Waals surface area (Å²) in [5.74, 6) is 0.682. The van der Waals surface area contributed by atoms with Crippen LogP contribution in [0.5, 0.6) is 5.75 Å². The maximum Gasteiger partial charge on any atom is 0.144 e. The summed E-state index contributed by atoms with van der Waals surface area (Å²) in [5.41, 5.74) is 12.8. The molecule has 16 heavy (non-hydrogen) atoms. The highest BCUT2D eigenvalue weighted by molar-refractivity contribution is 5.59. The second-order valence-corrected chi connectivity index (χ2v) is 5.01. The van der Waals surface area contributed by atoms with Crippen LogP contribution in [0, 0.1) is 0 Å². The second kappa shape index (κ2) is 5.07. The predicted molar refractivity (Wildman–Crippen MR) is 68.3 cm³/mol. The molecule has 1 rings (SSSR count). The number of nitrogens with two attached hydrogens (primary N) is 2. The van der Waals surface area contributed by atoms with Crippen LogP contribution in [0.25, 0.3) is 0 Å². The fourth-order valence-corrected chi connectivity index (χ4v) is 1.40. The molecule has 0 aliphatic rings. The van der Waals surface area contributed by atoms with Gasteiger partial charge in [-0.1, -0.05) is 0 Å². The summed E-state index contributed by atoms with van der Waals surface area (Å²) < 4.78 is 6.54. The number of hydrogen-bond donors (Lipinski definition) is 2. The molecule has 1 aromatic rings. The molecule has 4 N–H and O–H groups in total. The molecule has 0 aliphatic carbocycles. The van der Waals surface area contributed by atoms with Gasteiger partial charge >= 0.3 is 0 Å². The first-order valence-corrected chi connectivity index (χ1v) is 5.47. The summed E-state index contributed by atoms with van der Waals surface area (Å²) in [6.45, 7) is 1.74. The molecule has 0 aliphatic heterocycles. The number of ether oxygens (including phenoxy) is 1. The molecule has 4 nitrogen and oxygen atoms in total. The molecule has 0 spiro atoms. The minimum absolute atomic E-state index is 0.638. The Morgan fingerprint density at radius 3 is 2.50 bits per heavy atom. The Bertz CT molecular complexity index is 345. The van der Waals surface area contributed by atoms with Gasteiger partial charge in [0.05, 0.1) is 40.0 Å². The van der Waals surface area contributed by atoms with Crippen molar-refractivity contribution < 1.29 is 9.22 Å². The van der Waals surface area contributed by atoms with Gasteiger partial charge in [-0.05, 0) is 12.1 Å². The third-order valence-corrected chi connectivity index (χ3v) is 2.27. The Labute approximate surface area is 97.4 Å². The van der Waals surface area contributed by atoms with Gasteiger partial charge in [0.15, 0.2) is 0 Å². The molecule has 0 aromatic heterocycles. The number of nitrogens with zero attached hydrogens (tertiary/aromatic N) is 1. The molecule has 0 amide bonds. The third kappa shape index (κ3) is 4.40. The van der Waals surface area contributed by atoms with Crippen molar-refractivity contribution in [3.05, 3.63) is 18.2 Å². The van der Waals surface area contributed by atoms with Gasteiger partial charge in [-0.15, -0.1) is 0 Å². The molecule has 0 saturated heterocycles. The van der Waals surface area contributed by atoms with E-state index in [4.69, 9.17) is 16.2 Å². The van der Waals surface area contributed by atoms with Crippen LogP contribution in [0.1, 0.15) is 6.42 Å². The van der Waals surface area contributed by atoms with Crippen LogP contribution in [0.15, 0.2) is 18.2 Å². The van der Waals surface area contributed by atoms with E-state index in [1.807, 2.05) is 0 Å². The van der Waals surface area contributed by atoms with Crippen LogP contribution in [-0.2, 0) is 0 Å². The highest BCUT2D eigenvalue weighted by atomic mass is 16.5. The number of nitrogen functional groups attached to an aromatic ring is 2. The Hall–Kier alpha value is -1.42. The topological polar surface area (TPSA) is 61.3 Å². The molecule has 0 fully saturated rings. The van der Waals surface area contributed by atoms with Crippen molar-refractivity contribution in [3.8, 4) is 5.75 Å². The van der Waals surface area contributed by atoms with Gasteiger partial charge in [-0.3, -0.25) is 0 Å². The Morgan fingerprint density at radius 1 is 1.19 bits per heavy atom. The quantitative estimate of drug-likeness (QED) is 0.450. The Kier molecular flexibility index (Phi) is 4.01. The highest BCUT2D eigenvalue weighted by Crippen LogP contribution is 2.23. The van der Waals surface area contributed by atoms with Gasteiger partial charge in [-0.25, -0.2) is 0 Å². The van der Waals surface area contributed by atoms with Crippen LogP contribution in [0.2, 0.25) is 0 Å². The SMILES string of the molecule is C[N+](C)(C)CCCOc1cc(N)ccc1N. The number of hydrogen-bond acceptors (Lipinski definition) is 3. The van der Waals surface area contributed by atoms with E-state index < -0.39 is 0 Å². The zero-order valence-electron chi connectivity index (χ0n) is 10.4. The minimum Gasteiger partial charge on any atom is -0.491 e. The summed E-state index contributed by atoms with van der Waals surface area (Å²) in [6.07, 6.45) is 0.998. The molecule has 90 valence electrons. The van der Waals surface area contributed by atoms with E-state index in [0.29, 0.717) is 23.7 Å². The van der Waals surface area contributed by atoms with E-state index >= 15 is 0 Å². The van der Waals surface area contributed by atoms with Crippen molar-refractivity contribution in [2.45, 2.75) is 6.42 Å². The summed E-state index contributed by atoms with van der Waals surface area (Å²) in [5, 5.41) is 0. The largest absolute Gasteiger partial charge is 0.491 e. The molecule has 0 radical (unpaired) electrons. The van der Waals surface area contributed by atoms with Crippen molar-refractivity contribution in [1.29, 1.82) is 0 Å². The van der Waals surface area contributed by atoms with Gasteiger partial charge in [0, 0.05) is 18.2 Å². The van der Waals surface area contributed by atoms with Crippen LogP contribution in [0.4, 0.5) is 11.4 Å². The number of benzene rings is 1. The van der Waals surface area contributed by atoms with Gasteiger partial charge < -0.3 is 20.7 Å². The van der Waals surface area contributed by atoms with Crippen LogP contribution in [-0.4, -0.2) is 38.8 Å². The van der Waals surface area contributed by atoms with Gasteiger partial charge in [-0.2, -0.15) is 0 Å². The first kappa shape index (κ1) is 12.6. The van der Waals surface area contributed by atoms with Gasteiger partial charge in [0.2, 0.25) is 0 Å². The lowest BCUT2D eigenvalue weighted by atomic mass is 10.2. The van der Waals surface area contributed by atoms with E-state index in [-0.39, 0.29) is 0 Å². The molecule has 0 unspecified atom stereocenters. The zero-order valence-corrected chi connectivity index (χ0v) is 10.4. The van der Waals surface area contributed by atoms with E-state index in [9.17, 15) is 0 Å². The van der Waals surface area contributed by atoms with Crippen molar-refractivity contribution in [1.82, 2.24) is 0 Å². The lowest BCUT2D eigenvalue weighted by molar-refractivity contribution is -0.870. The molecule has 0 saturated carbocycles. The van der Waals surface area contributed by atoms with Crippen molar-refractivity contribution >= 4 is 11.4 Å². The lowest BCUT2D eigenvalue weighted by Crippen LogP contribution is -2.35. The van der Waals surface area contributed by atoms with E-state index in [2.05, 4.69) is 21.1 Å². The lowest BCUT2D eigenvalue weighted by Gasteiger charge is -2.23. The van der Waals surface area contributed by atoms with Crippen molar-refractivity contribution in [2.75, 3.05) is 45.8 Å². The Morgan fingerprint density at radius 2 is 1.88 bits per heavy atom. The van der Waals surface area contributed by atoms with Crippen LogP contribution < -0.4 is 16.2 Å². The van der Waals surface area contributed by atoms with Gasteiger partial charge in [0.1, 0.15) is 5.75 Å². The summed E-state index contributed by atoms with van der Waals surface area (Å²) in [6, 6.07) is 5.31. The molecule has 0 atom stereocenters. The average molecular weight is 224 g/mol. The molecular formula is C12H22N3O+. The maximum atomic E-state index is 5.77. The summed E-state index contributed by atoms with van der Waals surface area (Å²) in [7, 11) is 6.48.